The Morgan fingerprint density at radius 1 is 0.963 bits per heavy atom. The third-order valence-corrected chi connectivity index (χ3v) is 7.98. The number of nitrogens with one attached hydrogen (secondary N) is 1. The molecule has 2 aromatic carbocycles. The highest BCUT2D eigenvalue weighted by Crippen LogP contribution is 2.27. The normalized spacial score (nSPS) is 16.2. The number of sulfonamides is 2. The van der Waals surface area contributed by atoms with Crippen LogP contribution in [0.2, 0.25) is 5.02 Å². The molecule has 1 aliphatic heterocycles. The standard InChI is InChI=1S/C17H18ClFN2O4S2/c18-16-11-13(19)7-8-17(16)26(22,23)20-14-5-4-6-15(12-14)27(24,25)21-9-2-1-3-10-21/h4-8,11-12,20H,1-3,9-10H2. The van der Waals surface area contributed by atoms with E-state index in [-0.39, 0.29) is 20.5 Å². The van der Waals surface area contributed by atoms with Crippen LogP contribution in [0.1, 0.15) is 19.3 Å². The second kappa shape index (κ2) is 7.75. The van der Waals surface area contributed by atoms with Gasteiger partial charge in [0.1, 0.15) is 10.7 Å². The summed E-state index contributed by atoms with van der Waals surface area (Å²) in [7, 11) is -7.80. The first-order valence-corrected chi connectivity index (χ1v) is 11.6. The van der Waals surface area contributed by atoms with Gasteiger partial charge in [0.15, 0.2) is 0 Å². The van der Waals surface area contributed by atoms with Crippen LogP contribution < -0.4 is 4.72 Å². The summed E-state index contributed by atoms with van der Waals surface area (Å²) in [6.07, 6.45) is 2.59. The summed E-state index contributed by atoms with van der Waals surface area (Å²) in [6, 6.07) is 8.51. The Bertz CT molecular complexity index is 1050. The summed E-state index contributed by atoms with van der Waals surface area (Å²) >= 11 is 5.82. The molecule has 146 valence electrons. The van der Waals surface area contributed by atoms with Crippen LogP contribution in [-0.2, 0) is 20.0 Å². The number of rotatable bonds is 5. The van der Waals surface area contributed by atoms with Crippen molar-refractivity contribution < 1.29 is 21.2 Å². The molecule has 27 heavy (non-hydrogen) atoms. The number of nitrogens with zero attached hydrogens (tertiary/aromatic N) is 1. The molecule has 1 N–H and O–H groups in total. The molecule has 3 rings (SSSR count). The monoisotopic (exact) mass is 432 g/mol. The Kier molecular flexibility index (Phi) is 5.76. The fourth-order valence-electron chi connectivity index (χ4n) is 2.88. The third-order valence-electron chi connectivity index (χ3n) is 4.22. The van der Waals surface area contributed by atoms with Crippen molar-refractivity contribution >= 4 is 37.3 Å². The molecule has 2 aromatic rings. The Balaban J connectivity index is 1.89. The van der Waals surface area contributed by atoms with Gasteiger partial charge in [-0.1, -0.05) is 24.1 Å². The zero-order chi connectivity index (χ0) is 19.7. The Morgan fingerprint density at radius 3 is 2.33 bits per heavy atom. The fourth-order valence-corrected chi connectivity index (χ4v) is 6.02. The minimum atomic E-state index is -4.10. The first kappa shape index (κ1) is 20.1. The highest BCUT2D eigenvalue weighted by atomic mass is 35.5. The van der Waals surface area contributed by atoms with E-state index in [0.29, 0.717) is 13.1 Å². The second-order valence-electron chi connectivity index (χ2n) is 6.17. The average Bonchev–Trinajstić information content (AvgIpc) is 2.62. The second-order valence-corrected chi connectivity index (χ2v) is 10.2. The van der Waals surface area contributed by atoms with Gasteiger partial charge in [-0.15, -0.1) is 0 Å². The van der Waals surface area contributed by atoms with Crippen molar-refractivity contribution in [3.63, 3.8) is 0 Å². The van der Waals surface area contributed by atoms with Crippen molar-refractivity contribution in [2.24, 2.45) is 0 Å². The summed E-state index contributed by atoms with van der Waals surface area (Å²) in [5.41, 5.74) is 0.0773. The van der Waals surface area contributed by atoms with Gasteiger partial charge in [-0.05, 0) is 49.2 Å². The third kappa shape index (κ3) is 4.43. The molecule has 0 bridgehead atoms. The predicted octanol–water partition coefficient (Wildman–Crippen LogP) is 3.45. The van der Waals surface area contributed by atoms with Gasteiger partial charge >= 0.3 is 0 Å². The molecule has 0 unspecified atom stereocenters. The zero-order valence-electron chi connectivity index (χ0n) is 14.2. The molecular formula is C17H18ClFN2O4S2. The highest BCUT2D eigenvalue weighted by molar-refractivity contribution is 7.92. The van der Waals surface area contributed by atoms with Crippen LogP contribution >= 0.6 is 11.6 Å². The SMILES string of the molecule is O=S(=O)(Nc1cccc(S(=O)(=O)N2CCCCC2)c1)c1ccc(F)cc1Cl. The minimum Gasteiger partial charge on any atom is -0.280 e. The molecule has 1 heterocycles. The average molecular weight is 433 g/mol. The molecule has 1 fully saturated rings. The van der Waals surface area contributed by atoms with E-state index in [1.54, 1.807) is 0 Å². The molecule has 0 aromatic heterocycles. The quantitative estimate of drug-likeness (QED) is 0.784. The molecular weight excluding hydrogens is 415 g/mol. The highest BCUT2D eigenvalue weighted by Gasteiger charge is 2.26. The number of anilines is 1. The van der Waals surface area contributed by atoms with E-state index < -0.39 is 25.9 Å². The summed E-state index contributed by atoms with van der Waals surface area (Å²) in [5, 5.41) is -0.264. The number of halogens is 2. The molecule has 1 aliphatic rings. The number of hydrogen-bond donors (Lipinski definition) is 1. The first-order chi connectivity index (χ1) is 12.7. The Labute approximate surface area is 163 Å². The van der Waals surface area contributed by atoms with E-state index in [1.807, 2.05) is 0 Å². The maximum atomic E-state index is 13.2. The van der Waals surface area contributed by atoms with E-state index in [1.165, 1.54) is 28.6 Å². The lowest BCUT2D eigenvalue weighted by Crippen LogP contribution is -2.35. The summed E-state index contributed by atoms with van der Waals surface area (Å²) in [4.78, 5) is -0.287. The molecule has 0 spiro atoms. The summed E-state index contributed by atoms with van der Waals surface area (Å²) in [5.74, 6) is -0.659. The largest absolute Gasteiger partial charge is 0.280 e. The zero-order valence-corrected chi connectivity index (χ0v) is 16.6. The molecule has 0 radical (unpaired) electrons. The molecule has 6 nitrogen and oxygen atoms in total. The van der Waals surface area contributed by atoms with Crippen molar-refractivity contribution in [2.45, 2.75) is 29.1 Å². The van der Waals surface area contributed by atoms with Crippen LogP contribution in [0.25, 0.3) is 0 Å². The van der Waals surface area contributed by atoms with Crippen molar-refractivity contribution in [3.8, 4) is 0 Å². The maximum absolute atomic E-state index is 13.2. The lowest BCUT2D eigenvalue weighted by molar-refractivity contribution is 0.346. The van der Waals surface area contributed by atoms with Crippen LogP contribution in [0, 0.1) is 5.82 Å². The van der Waals surface area contributed by atoms with E-state index in [0.717, 1.165) is 37.5 Å². The van der Waals surface area contributed by atoms with Gasteiger partial charge in [0.05, 0.1) is 15.6 Å². The number of benzene rings is 2. The molecule has 1 saturated heterocycles. The van der Waals surface area contributed by atoms with E-state index in [2.05, 4.69) is 4.72 Å². The smallest absolute Gasteiger partial charge is 0.263 e. The van der Waals surface area contributed by atoms with Crippen LogP contribution in [0.4, 0.5) is 10.1 Å². The van der Waals surface area contributed by atoms with Gasteiger partial charge in [-0.25, -0.2) is 21.2 Å². The van der Waals surface area contributed by atoms with Crippen LogP contribution in [-0.4, -0.2) is 34.2 Å². The van der Waals surface area contributed by atoms with Gasteiger partial charge in [-0.2, -0.15) is 4.31 Å². The Hall–Kier alpha value is -1.68. The van der Waals surface area contributed by atoms with Gasteiger partial charge in [0.2, 0.25) is 10.0 Å². The van der Waals surface area contributed by atoms with Gasteiger partial charge in [0.25, 0.3) is 10.0 Å². The van der Waals surface area contributed by atoms with E-state index >= 15 is 0 Å². The first-order valence-electron chi connectivity index (χ1n) is 8.28. The molecule has 10 heteroatoms. The van der Waals surface area contributed by atoms with E-state index in [9.17, 15) is 21.2 Å². The number of hydrogen-bond acceptors (Lipinski definition) is 4. The van der Waals surface area contributed by atoms with Gasteiger partial charge in [-0.3, -0.25) is 4.72 Å². The molecule has 0 amide bonds. The fraction of sp³-hybridized carbons (Fsp3) is 0.294. The van der Waals surface area contributed by atoms with Crippen molar-refractivity contribution in [3.05, 3.63) is 53.3 Å². The Morgan fingerprint density at radius 2 is 1.67 bits per heavy atom. The molecule has 0 atom stereocenters. The summed E-state index contributed by atoms with van der Waals surface area (Å²) in [6.45, 7) is 0.896. The van der Waals surface area contributed by atoms with Crippen LogP contribution in [0.15, 0.2) is 52.3 Å². The maximum Gasteiger partial charge on any atom is 0.263 e. The lowest BCUT2D eigenvalue weighted by Gasteiger charge is -2.26. The van der Waals surface area contributed by atoms with Crippen molar-refractivity contribution in [2.75, 3.05) is 17.8 Å². The van der Waals surface area contributed by atoms with E-state index in [4.69, 9.17) is 11.6 Å². The van der Waals surface area contributed by atoms with Crippen LogP contribution in [0.3, 0.4) is 0 Å². The van der Waals surface area contributed by atoms with Crippen molar-refractivity contribution in [1.29, 1.82) is 0 Å². The summed E-state index contributed by atoms with van der Waals surface area (Å²) < 4.78 is 67.4. The van der Waals surface area contributed by atoms with Crippen molar-refractivity contribution in [1.82, 2.24) is 4.31 Å². The van der Waals surface area contributed by atoms with Gasteiger partial charge < -0.3 is 0 Å². The van der Waals surface area contributed by atoms with Gasteiger partial charge in [0, 0.05) is 13.1 Å². The molecule has 0 saturated carbocycles. The topological polar surface area (TPSA) is 83.5 Å². The number of piperidine rings is 1. The van der Waals surface area contributed by atoms with Crippen LogP contribution in [0.5, 0.6) is 0 Å². The lowest BCUT2D eigenvalue weighted by atomic mass is 10.2. The minimum absolute atomic E-state index is 0.00908. The molecule has 0 aliphatic carbocycles. The predicted molar refractivity (Wildman–Crippen MR) is 101 cm³/mol.